The molecular weight excluding hydrogens is 270 g/mol. The molecule has 0 aliphatic heterocycles. The summed E-state index contributed by atoms with van der Waals surface area (Å²) in [5.74, 6) is -1.54. The van der Waals surface area contributed by atoms with Crippen LogP contribution in [0.3, 0.4) is 0 Å². The Morgan fingerprint density at radius 3 is 3.00 bits per heavy atom. The Morgan fingerprint density at radius 2 is 2.32 bits per heavy atom. The van der Waals surface area contributed by atoms with Crippen LogP contribution in [0.25, 0.3) is 4.96 Å². The zero-order valence-electron chi connectivity index (χ0n) is 9.94. The molecular formula is C11H13N3O4S. The van der Waals surface area contributed by atoms with Crippen LogP contribution in [0.4, 0.5) is 0 Å². The topological polar surface area (TPSA) is 104 Å². The standard InChI is InChI=1S/C11H13N3O4S/c15-8(10(17)18)1-2-12-9(16)5-7-6-14-3-4-19-11(14)13-7/h3-4,6,8,15H,1-2,5H2,(H,12,16)(H,17,18). The molecule has 2 rings (SSSR count). The van der Waals surface area contributed by atoms with Gasteiger partial charge in [-0.3, -0.25) is 9.20 Å². The summed E-state index contributed by atoms with van der Waals surface area (Å²) >= 11 is 1.48. The van der Waals surface area contributed by atoms with Crippen molar-refractivity contribution in [2.45, 2.75) is 18.9 Å². The number of aliphatic hydroxyl groups is 1. The minimum absolute atomic E-state index is 0.0145. The lowest BCUT2D eigenvalue weighted by Crippen LogP contribution is -2.31. The summed E-state index contributed by atoms with van der Waals surface area (Å²) in [7, 11) is 0. The first kappa shape index (κ1) is 13.5. The number of nitrogens with zero attached hydrogens (tertiary/aromatic N) is 2. The number of carboxylic acid groups (broad SMARTS) is 1. The lowest BCUT2D eigenvalue weighted by molar-refractivity contribution is -0.147. The molecule has 0 fully saturated rings. The molecule has 7 nitrogen and oxygen atoms in total. The zero-order valence-corrected chi connectivity index (χ0v) is 10.8. The van der Waals surface area contributed by atoms with Crippen LogP contribution < -0.4 is 5.32 Å². The summed E-state index contributed by atoms with van der Waals surface area (Å²) in [5.41, 5.74) is 0.656. The van der Waals surface area contributed by atoms with Crippen molar-refractivity contribution in [3.63, 3.8) is 0 Å². The molecule has 3 N–H and O–H groups in total. The number of hydrogen-bond acceptors (Lipinski definition) is 5. The monoisotopic (exact) mass is 283 g/mol. The van der Waals surface area contributed by atoms with Gasteiger partial charge in [-0.2, -0.15) is 0 Å². The molecule has 0 aromatic carbocycles. The molecule has 1 amide bonds. The van der Waals surface area contributed by atoms with Crippen molar-refractivity contribution in [1.29, 1.82) is 0 Å². The van der Waals surface area contributed by atoms with Gasteiger partial charge in [-0.05, 0) is 0 Å². The van der Waals surface area contributed by atoms with Gasteiger partial charge in [-0.15, -0.1) is 11.3 Å². The number of thiazole rings is 1. The number of aromatic nitrogens is 2. The summed E-state index contributed by atoms with van der Waals surface area (Å²) in [6.07, 6.45) is 2.31. The smallest absolute Gasteiger partial charge is 0.332 e. The fraction of sp³-hybridized carbons (Fsp3) is 0.364. The number of carbonyl (C=O) groups is 2. The molecule has 0 saturated heterocycles. The molecule has 0 saturated carbocycles. The van der Waals surface area contributed by atoms with Crippen molar-refractivity contribution in [2.75, 3.05) is 6.54 Å². The maximum atomic E-state index is 11.6. The second kappa shape index (κ2) is 5.81. The fourth-order valence-electron chi connectivity index (χ4n) is 1.56. The Morgan fingerprint density at radius 1 is 1.53 bits per heavy atom. The predicted molar refractivity (Wildman–Crippen MR) is 68.0 cm³/mol. The van der Waals surface area contributed by atoms with Crippen LogP contribution in [-0.2, 0) is 16.0 Å². The number of nitrogens with one attached hydrogen (secondary N) is 1. The van der Waals surface area contributed by atoms with E-state index in [-0.39, 0.29) is 25.3 Å². The number of fused-ring (bicyclic) bond motifs is 1. The van der Waals surface area contributed by atoms with Gasteiger partial charge < -0.3 is 15.5 Å². The number of aliphatic hydroxyl groups excluding tert-OH is 1. The van der Waals surface area contributed by atoms with Gasteiger partial charge >= 0.3 is 5.97 Å². The number of carbonyl (C=O) groups excluding carboxylic acids is 1. The van der Waals surface area contributed by atoms with Crippen LogP contribution in [0.5, 0.6) is 0 Å². The highest BCUT2D eigenvalue weighted by molar-refractivity contribution is 7.15. The number of carboxylic acids is 1. The van der Waals surface area contributed by atoms with Gasteiger partial charge in [0.2, 0.25) is 5.91 Å². The molecule has 2 aromatic rings. The van der Waals surface area contributed by atoms with Crippen molar-refractivity contribution >= 4 is 28.2 Å². The summed E-state index contributed by atoms with van der Waals surface area (Å²) in [6.45, 7) is 0.120. The third-order valence-corrected chi connectivity index (χ3v) is 3.28. The maximum absolute atomic E-state index is 11.6. The molecule has 1 unspecified atom stereocenters. The normalized spacial score (nSPS) is 12.5. The van der Waals surface area contributed by atoms with Crippen molar-refractivity contribution < 1.29 is 19.8 Å². The van der Waals surface area contributed by atoms with Gasteiger partial charge in [0.25, 0.3) is 0 Å². The second-order valence-corrected chi connectivity index (χ2v) is 4.87. The summed E-state index contributed by atoms with van der Waals surface area (Å²) in [5, 5.41) is 21.9. The number of rotatable bonds is 6. The van der Waals surface area contributed by atoms with Crippen LogP contribution >= 0.6 is 11.3 Å². The first-order chi connectivity index (χ1) is 9.06. The highest BCUT2D eigenvalue weighted by Crippen LogP contribution is 2.11. The van der Waals surface area contributed by atoms with E-state index in [4.69, 9.17) is 10.2 Å². The van der Waals surface area contributed by atoms with Crippen LogP contribution in [0.2, 0.25) is 0 Å². The van der Waals surface area contributed by atoms with Crippen molar-refractivity contribution in [3.8, 4) is 0 Å². The number of hydrogen-bond donors (Lipinski definition) is 3. The largest absolute Gasteiger partial charge is 0.479 e. The van der Waals surface area contributed by atoms with Gasteiger partial charge in [0.1, 0.15) is 0 Å². The minimum atomic E-state index is -1.45. The van der Waals surface area contributed by atoms with Crippen LogP contribution in [0.15, 0.2) is 17.8 Å². The molecule has 19 heavy (non-hydrogen) atoms. The summed E-state index contributed by atoms with van der Waals surface area (Å²) in [4.78, 5) is 27.0. The molecule has 0 aliphatic rings. The average molecular weight is 283 g/mol. The van der Waals surface area contributed by atoms with E-state index in [0.717, 1.165) is 4.96 Å². The molecule has 2 aromatic heterocycles. The van der Waals surface area contributed by atoms with Crippen LogP contribution in [0.1, 0.15) is 12.1 Å². The highest BCUT2D eigenvalue weighted by Gasteiger charge is 2.13. The van der Waals surface area contributed by atoms with E-state index in [9.17, 15) is 9.59 Å². The summed E-state index contributed by atoms with van der Waals surface area (Å²) < 4.78 is 1.83. The average Bonchev–Trinajstić information content (AvgIpc) is 2.89. The van der Waals surface area contributed by atoms with Gasteiger partial charge in [-0.1, -0.05) is 0 Å². The van der Waals surface area contributed by atoms with Crippen LogP contribution in [0, 0.1) is 0 Å². The van der Waals surface area contributed by atoms with Gasteiger partial charge in [0.05, 0.1) is 12.1 Å². The molecule has 8 heteroatoms. The van der Waals surface area contributed by atoms with E-state index in [1.807, 2.05) is 16.0 Å². The van der Waals surface area contributed by atoms with Crippen LogP contribution in [-0.4, -0.2) is 44.1 Å². The van der Waals surface area contributed by atoms with Gasteiger partial charge in [0, 0.05) is 30.7 Å². The highest BCUT2D eigenvalue weighted by atomic mass is 32.1. The van der Waals surface area contributed by atoms with E-state index in [1.165, 1.54) is 11.3 Å². The van der Waals surface area contributed by atoms with E-state index >= 15 is 0 Å². The van der Waals surface area contributed by atoms with Gasteiger partial charge in [0.15, 0.2) is 11.1 Å². The third-order valence-electron chi connectivity index (χ3n) is 2.51. The molecule has 2 heterocycles. The molecule has 0 radical (unpaired) electrons. The first-order valence-electron chi connectivity index (χ1n) is 5.65. The van der Waals surface area contributed by atoms with Crippen molar-refractivity contribution in [2.24, 2.45) is 0 Å². The Kier molecular flexibility index (Phi) is 4.13. The Hall–Kier alpha value is -1.93. The lowest BCUT2D eigenvalue weighted by atomic mass is 10.2. The second-order valence-electron chi connectivity index (χ2n) is 3.99. The van der Waals surface area contributed by atoms with Gasteiger partial charge in [-0.25, -0.2) is 9.78 Å². The first-order valence-corrected chi connectivity index (χ1v) is 6.53. The zero-order chi connectivity index (χ0) is 13.8. The predicted octanol–water partition coefficient (Wildman–Crippen LogP) is -0.110. The molecule has 1 atom stereocenters. The maximum Gasteiger partial charge on any atom is 0.332 e. The number of amides is 1. The minimum Gasteiger partial charge on any atom is -0.479 e. The third kappa shape index (κ3) is 3.52. The Bertz CT molecular complexity index is 563. The molecule has 0 spiro atoms. The van der Waals surface area contributed by atoms with E-state index in [1.54, 1.807) is 6.20 Å². The quantitative estimate of drug-likeness (QED) is 0.686. The summed E-state index contributed by atoms with van der Waals surface area (Å²) in [6, 6.07) is 0. The van der Waals surface area contributed by atoms with Crippen molar-refractivity contribution in [3.05, 3.63) is 23.5 Å². The number of imidazole rings is 1. The van der Waals surface area contributed by atoms with E-state index < -0.39 is 12.1 Å². The molecule has 0 aliphatic carbocycles. The Labute approximate surface area is 112 Å². The van der Waals surface area contributed by atoms with E-state index in [2.05, 4.69) is 10.3 Å². The number of aliphatic carboxylic acids is 1. The molecule has 0 bridgehead atoms. The Balaban J connectivity index is 1.78. The lowest BCUT2D eigenvalue weighted by Gasteiger charge is -2.06. The van der Waals surface area contributed by atoms with Crippen molar-refractivity contribution in [1.82, 2.24) is 14.7 Å². The fourth-order valence-corrected chi connectivity index (χ4v) is 2.28. The SMILES string of the molecule is O=C(Cc1cn2ccsc2n1)NCCC(O)C(=O)O. The van der Waals surface area contributed by atoms with E-state index in [0.29, 0.717) is 5.69 Å². The molecule has 102 valence electrons.